The molecule has 0 amide bonds. The number of hydrogen-bond donors (Lipinski definition) is 0. The lowest BCUT2D eigenvalue weighted by Crippen LogP contribution is -2.11. The van der Waals surface area contributed by atoms with Crippen LogP contribution in [0.15, 0.2) is 6.20 Å². The van der Waals surface area contributed by atoms with Gasteiger partial charge < -0.3 is 9.47 Å². The van der Waals surface area contributed by atoms with E-state index >= 15 is 0 Å². The topological polar surface area (TPSA) is 48.4 Å². The third kappa shape index (κ3) is 2.69. The minimum Gasteiger partial charge on any atom is -0.494 e. The number of esters is 1. The number of pyridine rings is 1. The van der Waals surface area contributed by atoms with Gasteiger partial charge in [0, 0.05) is 6.20 Å². The largest absolute Gasteiger partial charge is 0.494 e. The zero-order chi connectivity index (χ0) is 13.0. The van der Waals surface area contributed by atoms with Crippen LogP contribution < -0.4 is 4.74 Å². The van der Waals surface area contributed by atoms with E-state index in [1.807, 2.05) is 0 Å². The van der Waals surface area contributed by atoms with Crippen LogP contribution in [0.2, 0.25) is 0 Å². The summed E-state index contributed by atoms with van der Waals surface area (Å²) in [4.78, 5) is 15.2. The lowest BCUT2D eigenvalue weighted by molar-refractivity contribution is 0.0520. The summed E-state index contributed by atoms with van der Waals surface area (Å²) in [5, 5.41) is 0. The third-order valence-corrected chi connectivity index (χ3v) is 2.14. The summed E-state index contributed by atoms with van der Waals surface area (Å²) in [5.41, 5.74) is -0.120. The standard InChI is InChI=1S/C11H13F2NO3/c1-4-17-11(15)7-6(2)5-14-8(10(12)13)9(7)16-3/h5,10H,4H2,1-3H3. The van der Waals surface area contributed by atoms with Crippen molar-refractivity contribution in [2.45, 2.75) is 20.3 Å². The van der Waals surface area contributed by atoms with Crippen molar-refractivity contribution in [3.8, 4) is 5.75 Å². The molecule has 0 aliphatic heterocycles. The molecule has 0 saturated carbocycles. The summed E-state index contributed by atoms with van der Waals surface area (Å²) in [6.45, 7) is 3.37. The zero-order valence-electron chi connectivity index (χ0n) is 9.79. The van der Waals surface area contributed by atoms with Gasteiger partial charge in [-0.3, -0.25) is 4.98 Å². The van der Waals surface area contributed by atoms with Crippen molar-refractivity contribution in [3.05, 3.63) is 23.0 Å². The first kappa shape index (κ1) is 13.3. The van der Waals surface area contributed by atoms with Gasteiger partial charge in [0.2, 0.25) is 0 Å². The molecule has 0 fully saturated rings. The van der Waals surface area contributed by atoms with E-state index in [2.05, 4.69) is 4.98 Å². The number of alkyl halides is 2. The number of carbonyl (C=O) groups excluding carboxylic acids is 1. The van der Waals surface area contributed by atoms with Crippen LogP contribution in [-0.2, 0) is 4.74 Å². The molecule has 1 aromatic heterocycles. The van der Waals surface area contributed by atoms with Crippen LogP contribution in [0.5, 0.6) is 5.75 Å². The fourth-order valence-corrected chi connectivity index (χ4v) is 1.42. The van der Waals surface area contributed by atoms with Gasteiger partial charge >= 0.3 is 5.97 Å². The maximum Gasteiger partial charge on any atom is 0.342 e. The van der Waals surface area contributed by atoms with Gasteiger partial charge in [0.1, 0.15) is 11.3 Å². The molecule has 0 aliphatic carbocycles. The van der Waals surface area contributed by atoms with Crippen molar-refractivity contribution < 1.29 is 23.0 Å². The van der Waals surface area contributed by atoms with Crippen LogP contribution in [0.3, 0.4) is 0 Å². The summed E-state index contributed by atoms with van der Waals surface area (Å²) in [7, 11) is 1.21. The average Bonchev–Trinajstić information content (AvgIpc) is 2.28. The lowest BCUT2D eigenvalue weighted by Gasteiger charge is -2.13. The Bertz CT molecular complexity index is 421. The van der Waals surface area contributed by atoms with Gasteiger partial charge in [-0.05, 0) is 19.4 Å². The molecule has 0 N–H and O–H groups in total. The SMILES string of the molecule is CCOC(=O)c1c(C)cnc(C(F)F)c1OC. The van der Waals surface area contributed by atoms with Gasteiger partial charge in [0.25, 0.3) is 6.43 Å². The molecular weight excluding hydrogens is 232 g/mol. The van der Waals surface area contributed by atoms with Gasteiger partial charge in [-0.25, -0.2) is 13.6 Å². The highest BCUT2D eigenvalue weighted by molar-refractivity contribution is 5.94. The molecule has 1 aromatic rings. The molecule has 4 nitrogen and oxygen atoms in total. The van der Waals surface area contributed by atoms with Crippen LogP contribution in [0.4, 0.5) is 8.78 Å². The number of rotatable bonds is 4. The van der Waals surface area contributed by atoms with E-state index in [-0.39, 0.29) is 17.9 Å². The summed E-state index contributed by atoms with van der Waals surface area (Å²) < 4.78 is 35.0. The fraction of sp³-hybridized carbons (Fsp3) is 0.455. The van der Waals surface area contributed by atoms with E-state index in [4.69, 9.17) is 9.47 Å². The Morgan fingerprint density at radius 3 is 2.65 bits per heavy atom. The number of nitrogens with zero attached hydrogens (tertiary/aromatic N) is 1. The van der Waals surface area contributed by atoms with E-state index in [9.17, 15) is 13.6 Å². The fourth-order valence-electron chi connectivity index (χ4n) is 1.42. The molecule has 6 heteroatoms. The van der Waals surface area contributed by atoms with E-state index in [1.165, 1.54) is 13.3 Å². The maximum absolute atomic E-state index is 12.7. The molecule has 0 atom stereocenters. The number of methoxy groups -OCH3 is 1. The van der Waals surface area contributed by atoms with Crippen molar-refractivity contribution in [2.75, 3.05) is 13.7 Å². The molecule has 17 heavy (non-hydrogen) atoms. The Morgan fingerprint density at radius 1 is 1.53 bits per heavy atom. The van der Waals surface area contributed by atoms with Gasteiger partial charge in [0.05, 0.1) is 13.7 Å². The normalized spacial score (nSPS) is 10.5. The first-order valence-electron chi connectivity index (χ1n) is 5.01. The van der Waals surface area contributed by atoms with Gasteiger partial charge in [-0.2, -0.15) is 0 Å². The molecule has 94 valence electrons. The van der Waals surface area contributed by atoms with Crippen LogP contribution in [0, 0.1) is 6.92 Å². The Hall–Kier alpha value is -1.72. The molecule has 1 rings (SSSR count). The predicted octanol–water partition coefficient (Wildman–Crippen LogP) is 2.51. The Morgan fingerprint density at radius 2 is 2.18 bits per heavy atom. The van der Waals surface area contributed by atoms with E-state index < -0.39 is 18.1 Å². The number of ether oxygens (including phenoxy) is 2. The van der Waals surface area contributed by atoms with Gasteiger partial charge in [-0.1, -0.05) is 0 Å². The number of aryl methyl sites for hydroxylation is 1. The summed E-state index contributed by atoms with van der Waals surface area (Å²) >= 11 is 0. The molecule has 0 aliphatic rings. The second-order valence-corrected chi connectivity index (χ2v) is 3.26. The lowest BCUT2D eigenvalue weighted by atomic mass is 10.1. The highest BCUT2D eigenvalue weighted by Gasteiger charge is 2.25. The molecule has 0 unspecified atom stereocenters. The van der Waals surface area contributed by atoms with E-state index in [0.29, 0.717) is 5.56 Å². The monoisotopic (exact) mass is 245 g/mol. The van der Waals surface area contributed by atoms with Crippen LogP contribution >= 0.6 is 0 Å². The molecule has 0 radical (unpaired) electrons. The van der Waals surface area contributed by atoms with Crippen LogP contribution in [-0.4, -0.2) is 24.7 Å². The van der Waals surface area contributed by atoms with Gasteiger partial charge in [-0.15, -0.1) is 0 Å². The second-order valence-electron chi connectivity index (χ2n) is 3.26. The Balaban J connectivity index is 3.35. The molecule has 0 spiro atoms. The summed E-state index contributed by atoms with van der Waals surface area (Å²) in [5.74, 6) is -0.912. The molecule has 0 saturated heterocycles. The summed E-state index contributed by atoms with van der Waals surface area (Å²) in [6, 6.07) is 0. The van der Waals surface area contributed by atoms with Crippen molar-refractivity contribution in [1.82, 2.24) is 4.98 Å². The highest BCUT2D eigenvalue weighted by atomic mass is 19.3. The van der Waals surface area contributed by atoms with E-state index in [1.54, 1.807) is 13.8 Å². The maximum atomic E-state index is 12.7. The first-order chi connectivity index (χ1) is 8.02. The number of carbonyl (C=O) groups is 1. The second kappa shape index (κ2) is 5.56. The molecule has 0 bridgehead atoms. The van der Waals surface area contributed by atoms with Crippen molar-refractivity contribution >= 4 is 5.97 Å². The number of aromatic nitrogens is 1. The number of hydrogen-bond acceptors (Lipinski definition) is 4. The quantitative estimate of drug-likeness (QED) is 0.765. The van der Waals surface area contributed by atoms with E-state index in [0.717, 1.165) is 0 Å². The highest BCUT2D eigenvalue weighted by Crippen LogP contribution is 2.32. The van der Waals surface area contributed by atoms with Crippen molar-refractivity contribution in [1.29, 1.82) is 0 Å². The molecule has 1 heterocycles. The Kier molecular flexibility index (Phi) is 4.37. The Labute approximate surface area is 97.6 Å². The molecule has 0 aromatic carbocycles. The zero-order valence-corrected chi connectivity index (χ0v) is 9.79. The minimum atomic E-state index is -2.81. The average molecular weight is 245 g/mol. The summed E-state index contributed by atoms with van der Waals surface area (Å²) in [6.07, 6.45) is -1.60. The van der Waals surface area contributed by atoms with Crippen molar-refractivity contribution in [2.24, 2.45) is 0 Å². The first-order valence-corrected chi connectivity index (χ1v) is 5.01. The smallest absolute Gasteiger partial charge is 0.342 e. The predicted molar refractivity (Wildman–Crippen MR) is 56.4 cm³/mol. The van der Waals surface area contributed by atoms with Gasteiger partial charge in [0.15, 0.2) is 5.75 Å². The van der Waals surface area contributed by atoms with Crippen LogP contribution in [0.1, 0.15) is 35.0 Å². The number of halogens is 2. The third-order valence-electron chi connectivity index (χ3n) is 2.14. The van der Waals surface area contributed by atoms with Crippen molar-refractivity contribution in [3.63, 3.8) is 0 Å². The van der Waals surface area contributed by atoms with Crippen LogP contribution in [0.25, 0.3) is 0 Å². The molecular formula is C11H13F2NO3. The minimum absolute atomic E-state index is 0.000324.